The predicted octanol–water partition coefficient (Wildman–Crippen LogP) is 3.16. The molecule has 0 aliphatic rings. The quantitative estimate of drug-likeness (QED) is 0.770. The first-order valence-corrected chi connectivity index (χ1v) is 5.25. The molecule has 84 valence electrons. The summed E-state index contributed by atoms with van der Waals surface area (Å²) in [5.74, 6) is -0.920. The number of benzene rings is 1. The first-order chi connectivity index (χ1) is 7.39. The monoisotopic (exact) mass is 217 g/mol. The van der Waals surface area contributed by atoms with Crippen molar-refractivity contribution >= 4 is 16.9 Å². The number of nitrogens with one attached hydrogen (secondary N) is 1. The van der Waals surface area contributed by atoms with Crippen molar-refractivity contribution in [3.63, 3.8) is 0 Å². The summed E-state index contributed by atoms with van der Waals surface area (Å²) in [5.41, 5.74) is 2.29. The maximum atomic E-state index is 10.9. The number of rotatable bonds is 1. The normalized spacial score (nSPS) is 11.9. The molecule has 0 radical (unpaired) electrons. The van der Waals surface area contributed by atoms with Gasteiger partial charge in [-0.1, -0.05) is 32.9 Å². The Balaban J connectivity index is 2.73. The molecule has 0 amide bonds. The summed E-state index contributed by atoms with van der Waals surface area (Å²) in [6, 6.07) is 7.60. The average Bonchev–Trinajstić information content (AvgIpc) is 2.58. The van der Waals surface area contributed by atoms with E-state index in [4.69, 9.17) is 5.11 Å². The molecule has 0 unspecified atom stereocenters. The number of aromatic carboxylic acids is 1. The molecule has 1 aromatic carbocycles. The van der Waals surface area contributed by atoms with E-state index in [1.165, 1.54) is 0 Å². The van der Waals surface area contributed by atoms with Crippen LogP contribution in [0.3, 0.4) is 0 Å². The van der Waals surface area contributed by atoms with Crippen LogP contribution in [0.1, 0.15) is 36.8 Å². The fourth-order valence-corrected chi connectivity index (χ4v) is 1.92. The van der Waals surface area contributed by atoms with E-state index in [0.717, 1.165) is 16.5 Å². The smallest absolute Gasteiger partial charge is 0.352 e. The Labute approximate surface area is 94.1 Å². The van der Waals surface area contributed by atoms with Gasteiger partial charge in [0.2, 0.25) is 0 Å². The molecule has 2 N–H and O–H groups in total. The molecule has 0 atom stereocenters. The lowest BCUT2D eigenvalue weighted by molar-refractivity contribution is 0.0691. The third-order valence-electron chi connectivity index (χ3n) is 2.70. The summed E-state index contributed by atoms with van der Waals surface area (Å²) in [6.07, 6.45) is 0. The van der Waals surface area contributed by atoms with Gasteiger partial charge < -0.3 is 10.1 Å². The van der Waals surface area contributed by atoms with Crippen molar-refractivity contribution in [1.82, 2.24) is 4.98 Å². The molecule has 0 saturated heterocycles. The minimum absolute atomic E-state index is 0.0114. The minimum Gasteiger partial charge on any atom is -0.477 e. The van der Waals surface area contributed by atoms with Gasteiger partial charge in [0.15, 0.2) is 0 Å². The van der Waals surface area contributed by atoms with Crippen molar-refractivity contribution in [3.8, 4) is 0 Å². The third kappa shape index (κ3) is 1.69. The third-order valence-corrected chi connectivity index (χ3v) is 2.70. The number of carbonyl (C=O) groups is 1. The van der Waals surface area contributed by atoms with Gasteiger partial charge in [-0.3, -0.25) is 0 Å². The molecular formula is C13H15NO2. The second-order valence-electron chi connectivity index (χ2n) is 5.00. The fraction of sp³-hybridized carbons (Fsp3) is 0.308. The van der Waals surface area contributed by atoms with Crippen LogP contribution in [0.2, 0.25) is 0 Å². The van der Waals surface area contributed by atoms with E-state index in [2.05, 4.69) is 25.8 Å². The van der Waals surface area contributed by atoms with Gasteiger partial charge in [-0.25, -0.2) is 4.79 Å². The van der Waals surface area contributed by atoms with Crippen LogP contribution in [0.25, 0.3) is 10.9 Å². The molecule has 0 aliphatic carbocycles. The molecule has 16 heavy (non-hydrogen) atoms. The van der Waals surface area contributed by atoms with Gasteiger partial charge in [0.25, 0.3) is 0 Å². The zero-order valence-corrected chi connectivity index (χ0v) is 9.66. The van der Waals surface area contributed by atoms with E-state index in [9.17, 15) is 4.79 Å². The highest BCUT2D eigenvalue weighted by Crippen LogP contribution is 2.30. The first-order valence-electron chi connectivity index (χ1n) is 5.25. The molecule has 1 aromatic heterocycles. The zero-order valence-electron chi connectivity index (χ0n) is 9.66. The lowest BCUT2D eigenvalue weighted by atomic mass is 9.85. The van der Waals surface area contributed by atoms with Crippen molar-refractivity contribution in [3.05, 3.63) is 35.5 Å². The molecule has 2 rings (SSSR count). The van der Waals surface area contributed by atoms with Crippen molar-refractivity contribution in [2.45, 2.75) is 26.2 Å². The van der Waals surface area contributed by atoms with Crippen LogP contribution in [0.5, 0.6) is 0 Å². The SMILES string of the molecule is CC(C)(C)c1cccc2[nH]c(C(=O)O)cc12. The predicted molar refractivity (Wildman–Crippen MR) is 64.0 cm³/mol. The lowest BCUT2D eigenvalue weighted by Gasteiger charge is -2.19. The Hall–Kier alpha value is -1.77. The maximum absolute atomic E-state index is 10.9. The summed E-state index contributed by atoms with van der Waals surface area (Å²) in [6.45, 7) is 6.36. The number of aromatic amines is 1. The molecule has 0 saturated carbocycles. The number of fused-ring (bicyclic) bond motifs is 1. The Morgan fingerprint density at radius 1 is 1.31 bits per heavy atom. The molecule has 1 heterocycles. The van der Waals surface area contributed by atoms with Gasteiger partial charge in [-0.05, 0) is 23.1 Å². The van der Waals surface area contributed by atoms with Crippen LogP contribution >= 0.6 is 0 Å². The number of carboxylic acid groups (broad SMARTS) is 1. The molecule has 0 spiro atoms. The topological polar surface area (TPSA) is 53.1 Å². The van der Waals surface area contributed by atoms with Crippen molar-refractivity contribution < 1.29 is 9.90 Å². The van der Waals surface area contributed by atoms with Crippen molar-refractivity contribution in [1.29, 1.82) is 0 Å². The highest BCUT2D eigenvalue weighted by Gasteiger charge is 2.18. The largest absolute Gasteiger partial charge is 0.477 e. The summed E-state index contributed by atoms with van der Waals surface area (Å²) in [4.78, 5) is 13.8. The number of hydrogen-bond acceptors (Lipinski definition) is 1. The summed E-state index contributed by atoms with van der Waals surface area (Å²) in [5, 5.41) is 9.94. The Kier molecular flexibility index (Phi) is 2.26. The van der Waals surface area contributed by atoms with Crippen LogP contribution in [0, 0.1) is 0 Å². The van der Waals surface area contributed by atoms with Crippen LogP contribution in [0.4, 0.5) is 0 Å². The second-order valence-corrected chi connectivity index (χ2v) is 5.00. The van der Waals surface area contributed by atoms with E-state index in [-0.39, 0.29) is 11.1 Å². The summed E-state index contributed by atoms with van der Waals surface area (Å²) in [7, 11) is 0. The standard InChI is InChI=1S/C13H15NO2/c1-13(2,3)9-5-4-6-10-8(9)7-11(14-10)12(15)16/h4-7,14H,1-3H3,(H,15,16). The Bertz CT molecular complexity index is 547. The van der Waals surface area contributed by atoms with Gasteiger partial charge in [0, 0.05) is 10.9 Å². The number of aromatic nitrogens is 1. The zero-order chi connectivity index (χ0) is 11.9. The Morgan fingerprint density at radius 3 is 2.56 bits per heavy atom. The number of H-pyrrole nitrogens is 1. The van der Waals surface area contributed by atoms with Crippen LogP contribution in [0.15, 0.2) is 24.3 Å². The first kappa shape index (κ1) is 10.7. The van der Waals surface area contributed by atoms with E-state index < -0.39 is 5.97 Å². The van der Waals surface area contributed by atoms with Crippen molar-refractivity contribution in [2.24, 2.45) is 0 Å². The summed E-state index contributed by atoms with van der Waals surface area (Å²) < 4.78 is 0. The van der Waals surface area contributed by atoms with Gasteiger partial charge >= 0.3 is 5.97 Å². The van der Waals surface area contributed by atoms with Gasteiger partial charge in [-0.2, -0.15) is 0 Å². The lowest BCUT2D eigenvalue weighted by Crippen LogP contribution is -2.11. The average molecular weight is 217 g/mol. The van der Waals surface area contributed by atoms with E-state index in [0.29, 0.717) is 0 Å². The summed E-state index contributed by atoms with van der Waals surface area (Å²) >= 11 is 0. The van der Waals surface area contributed by atoms with Crippen LogP contribution in [-0.2, 0) is 5.41 Å². The molecule has 3 heteroatoms. The molecule has 3 nitrogen and oxygen atoms in total. The highest BCUT2D eigenvalue weighted by atomic mass is 16.4. The molecule has 2 aromatic rings. The maximum Gasteiger partial charge on any atom is 0.352 e. The van der Waals surface area contributed by atoms with Crippen molar-refractivity contribution in [2.75, 3.05) is 0 Å². The van der Waals surface area contributed by atoms with Gasteiger partial charge in [-0.15, -0.1) is 0 Å². The van der Waals surface area contributed by atoms with E-state index in [1.54, 1.807) is 6.07 Å². The van der Waals surface area contributed by atoms with Crippen LogP contribution < -0.4 is 0 Å². The molecule has 0 fully saturated rings. The van der Waals surface area contributed by atoms with Gasteiger partial charge in [0.1, 0.15) is 5.69 Å². The molecular weight excluding hydrogens is 202 g/mol. The number of hydrogen-bond donors (Lipinski definition) is 2. The fourth-order valence-electron chi connectivity index (χ4n) is 1.92. The second kappa shape index (κ2) is 3.37. The molecule has 0 aliphatic heterocycles. The molecule has 0 bridgehead atoms. The van der Waals surface area contributed by atoms with Crippen LogP contribution in [-0.4, -0.2) is 16.1 Å². The van der Waals surface area contributed by atoms with E-state index in [1.807, 2.05) is 18.2 Å². The minimum atomic E-state index is -0.920. The van der Waals surface area contributed by atoms with Gasteiger partial charge in [0.05, 0.1) is 0 Å². The van der Waals surface area contributed by atoms with E-state index >= 15 is 0 Å². The Morgan fingerprint density at radius 2 is 2.00 bits per heavy atom. The highest BCUT2D eigenvalue weighted by molar-refractivity contribution is 5.95. The number of carboxylic acids is 1.